The Morgan fingerprint density at radius 2 is 1.58 bits per heavy atom. The highest BCUT2D eigenvalue weighted by Gasteiger charge is 2.39. The molecule has 0 saturated carbocycles. The fraction of sp³-hybridized carbons (Fsp3) is 0.261. The highest BCUT2D eigenvalue weighted by atomic mass is 35.5. The Kier molecular flexibility index (Phi) is 7.28. The molecule has 0 saturated heterocycles. The van der Waals surface area contributed by atoms with Crippen molar-refractivity contribution >= 4 is 23.2 Å². The van der Waals surface area contributed by atoms with Crippen LogP contribution in [-0.2, 0) is 13.1 Å². The van der Waals surface area contributed by atoms with Crippen molar-refractivity contribution in [2.45, 2.75) is 38.4 Å². The van der Waals surface area contributed by atoms with Gasteiger partial charge in [-0.25, -0.2) is 14.5 Å². The number of nitrogens with zero attached hydrogens (tertiary/aromatic N) is 5. The molecule has 2 atom stereocenters. The van der Waals surface area contributed by atoms with Gasteiger partial charge in [0.1, 0.15) is 6.10 Å². The first kappa shape index (κ1) is 26.0. The van der Waals surface area contributed by atoms with Crippen molar-refractivity contribution in [3.63, 3.8) is 0 Å². The Bertz CT molecular complexity index is 1410. The van der Waals surface area contributed by atoms with Gasteiger partial charge in [-0.15, -0.1) is 5.10 Å². The predicted molar refractivity (Wildman–Crippen MR) is 127 cm³/mol. The molecule has 8 nitrogen and oxygen atoms in total. The van der Waals surface area contributed by atoms with Crippen LogP contribution in [0.5, 0.6) is 0 Å². The Labute approximate surface area is 212 Å². The topological polar surface area (TPSA) is 98.1 Å². The summed E-state index contributed by atoms with van der Waals surface area (Å²) in [6.45, 7) is 0.290. The molecule has 0 radical (unpaired) electrons. The molecule has 2 aromatic heterocycles. The molecule has 0 fully saturated rings. The Morgan fingerprint density at radius 3 is 2.14 bits per heavy atom. The number of alkyl halides is 3. The molecule has 4 rings (SSSR count). The zero-order chi connectivity index (χ0) is 26.2. The largest absolute Gasteiger partial charge is 0.416 e. The van der Waals surface area contributed by atoms with Gasteiger partial charge in [0.2, 0.25) is 0 Å². The number of imidazole rings is 1. The number of rotatable bonds is 7. The van der Waals surface area contributed by atoms with Crippen LogP contribution in [0.15, 0.2) is 59.5 Å². The zero-order valence-corrected chi connectivity index (χ0v) is 20.2. The highest BCUT2D eigenvalue weighted by Crippen LogP contribution is 2.26. The van der Waals surface area contributed by atoms with Crippen LogP contribution in [0.1, 0.15) is 24.7 Å². The normalized spacial score (nSPS) is 13.7. The SMILES string of the molecule is CC(O)c1nc(Cn2cc(-c3ccc(Cl)cc3)n(CC(O)C(F)(F)F)c2=O)n(-c2ccc(Cl)cc2)n1. The summed E-state index contributed by atoms with van der Waals surface area (Å²) >= 11 is 11.9. The Hall–Kier alpha value is -3.12. The zero-order valence-electron chi connectivity index (χ0n) is 18.7. The van der Waals surface area contributed by atoms with Gasteiger partial charge in [-0.3, -0.25) is 9.13 Å². The van der Waals surface area contributed by atoms with Crippen molar-refractivity contribution in [3.05, 3.63) is 86.9 Å². The van der Waals surface area contributed by atoms with Gasteiger partial charge in [-0.2, -0.15) is 13.2 Å². The number of halogens is 5. The van der Waals surface area contributed by atoms with E-state index in [0.717, 1.165) is 9.13 Å². The molecule has 4 aromatic rings. The van der Waals surface area contributed by atoms with E-state index in [9.17, 15) is 28.2 Å². The molecule has 0 aliphatic heterocycles. The first-order valence-electron chi connectivity index (χ1n) is 10.6. The number of hydrogen-bond donors (Lipinski definition) is 2. The lowest BCUT2D eigenvalue weighted by molar-refractivity contribution is -0.207. The van der Waals surface area contributed by atoms with E-state index in [4.69, 9.17) is 23.2 Å². The fourth-order valence-electron chi connectivity index (χ4n) is 3.53. The van der Waals surface area contributed by atoms with E-state index in [-0.39, 0.29) is 23.9 Å². The minimum atomic E-state index is -4.92. The van der Waals surface area contributed by atoms with Crippen LogP contribution in [0.2, 0.25) is 10.0 Å². The molecule has 0 spiro atoms. The summed E-state index contributed by atoms with van der Waals surface area (Å²) in [7, 11) is 0. The molecule has 2 heterocycles. The van der Waals surface area contributed by atoms with Gasteiger partial charge in [0.25, 0.3) is 0 Å². The summed E-state index contributed by atoms with van der Waals surface area (Å²) in [5.41, 5.74) is 0.320. The second-order valence-electron chi connectivity index (χ2n) is 8.05. The van der Waals surface area contributed by atoms with Crippen molar-refractivity contribution in [1.82, 2.24) is 23.9 Å². The molecular formula is C23H20Cl2F3N5O3. The number of aliphatic hydroxyl groups excluding tert-OH is 2. The van der Waals surface area contributed by atoms with Gasteiger partial charge in [0.15, 0.2) is 17.8 Å². The molecule has 2 N–H and O–H groups in total. The van der Waals surface area contributed by atoms with Crippen molar-refractivity contribution < 1.29 is 23.4 Å². The van der Waals surface area contributed by atoms with E-state index in [1.165, 1.54) is 29.9 Å². The summed E-state index contributed by atoms with van der Waals surface area (Å²) in [6.07, 6.45) is -7.31. The predicted octanol–water partition coefficient (Wildman–Crippen LogP) is 4.23. The van der Waals surface area contributed by atoms with Gasteiger partial charge in [0.05, 0.1) is 24.5 Å². The first-order valence-corrected chi connectivity index (χ1v) is 11.4. The average Bonchev–Trinajstić information content (AvgIpc) is 3.37. The Balaban J connectivity index is 1.81. The molecule has 0 amide bonds. The third-order valence-corrected chi connectivity index (χ3v) is 5.87. The lowest BCUT2D eigenvalue weighted by atomic mass is 10.1. The van der Waals surface area contributed by atoms with Crippen molar-refractivity contribution in [2.24, 2.45) is 0 Å². The van der Waals surface area contributed by atoms with E-state index in [1.807, 2.05) is 0 Å². The van der Waals surface area contributed by atoms with Gasteiger partial charge in [-0.1, -0.05) is 35.3 Å². The molecule has 2 unspecified atom stereocenters. The second-order valence-corrected chi connectivity index (χ2v) is 8.92. The summed E-state index contributed by atoms with van der Waals surface area (Å²) < 4.78 is 42.8. The lowest BCUT2D eigenvalue weighted by Gasteiger charge is -2.16. The van der Waals surface area contributed by atoms with Crippen molar-refractivity contribution in [3.8, 4) is 16.9 Å². The molecule has 36 heavy (non-hydrogen) atoms. The van der Waals surface area contributed by atoms with Crippen molar-refractivity contribution in [2.75, 3.05) is 0 Å². The van der Waals surface area contributed by atoms with Crippen LogP contribution in [0.25, 0.3) is 16.9 Å². The van der Waals surface area contributed by atoms with E-state index in [1.54, 1.807) is 36.4 Å². The van der Waals surface area contributed by atoms with Crippen LogP contribution < -0.4 is 5.69 Å². The van der Waals surface area contributed by atoms with Gasteiger partial charge >= 0.3 is 11.9 Å². The monoisotopic (exact) mass is 541 g/mol. The first-order chi connectivity index (χ1) is 16.9. The molecule has 190 valence electrons. The quantitative estimate of drug-likeness (QED) is 0.365. The van der Waals surface area contributed by atoms with Crippen LogP contribution >= 0.6 is 23.2 Å². The molecule has 0 aliphatic rings. The van der Waals surface area contributed by atoms with Crippen LogP contribution in [-0.4, -0.2) is 46.4 Å². The van der Waals surface area contributed by atoms with Gasteiger partial charge < -0.3 is 10.2 Å². The number of aromatic nitrogens is 5. The van der Waals surface area contributed by atoms with E-state index < -0.39 is 30.6 Å². The number of hydrogen-bond acceptors (Lipinski definition) is 5. The molecule has 13 heteroatoms. The average molecular weight is 542 g/mol. The van der Waals surface area contributed by atoms with Crippen LogP contribution in [0.3, 0.4) is 0 Å². The highest BCUT2D eigenvalue weighted by molar-refractivity contribution is 6.30. The summed E-state index contributed by atoms with van der Waals surface area (Å²) in [4.78, 5) is 17.5. The minimum absolute atomic E-state index is 0.0952. The molecular weight excluding hydrogens is 522 g/mol. The maximum absolute atomic E-state index is 13.2. The van der Waals surface area contributed by atoms with Crippen molar-refractivity contribution in [1.29, 1.82) is 0 Å². The summed E-state index contributed by atoms with van der Waals surface area (Å²) in [5.74, 6) is 0.337. The maximum Gasteiger partial charge on any atom is 0.416 e. The van der Waals surface area contributed by atoms with Gasteiger partial charge in [-0.05, 0) is 48.9 Å². The molecule has 2 aromatic carbocycles. The summed E-state index contributed by atoms with van der Waals surface area (Å²) in [5, 5.41) is 24.9. The third-order valence-electron chi connectivity index (χ3n) is 5.37. The van der Waals surface area contributed by atoms with E-state index in [0.29, 0.717) is 21.3 Å². The minimum Gasteiger partial charge on any atom is -0.385 e. The Morgan fingerprint density at radius 1 is 1.00 bits per heavy atom. The van der Waals surface area contributed by atoms with Crippen LogP contribution in [0.4, 0.5) is 13.2 Å². The lowest BCUT2D eigenvalue weighted by Crippen LogP contribution is -2.37. The molecule has 0 aliphatic carbocycles. The molecule has 0 bridgehead atoms. The summed E-state index contributed by atoms with van der Waals surface area (Å²) in [6, 6.07) is 12.8. The fourth-order valence-corrected chi connectivity index (χ4v) is 3.78. The number of benzene rings is 2. The maximum atomic E-state index is 13.2. The smallest absolute Gasteiger partial charge is 0.385 e. The second kappa shape index (κ2) is 10.1. The standard InChI is InChI=1S/C23H20Cl2F3N5O3/c1-13(34)21-29-20(33(30-21)17-8-6-16(25)7-9-17)12-31-10-18(14-2-4-15(24)5-3-14)32(22(31)36)11-19(35)23(26,27)28/h2-10,13,19,34-35H,11-12H2,1H3. The number of aliphatic hydroxyl groups is 2. The van der Waals surface area contributed by atoms with E-state index >= 15 is 0 Å². The third kappa shape index (κ3) is 5.49. The van der Waals surface area contributed by atoms with Gasteiger partial charge in [0, 0.05) is 16.2 Å². The van der Waals surface area contributed by atoms with E-state index in [2.05, 4.69) is 10.1 Å². The van der Waals surface area contributed by atoms with Crippen LogP contribution in [0, 0.1) is 0 Å².